The summed E-state index contributed by atoms with van der Waals surface area (Å²) in [5, 5.41) is 19.0. The minimum absolute atomic E-state index is 0.510. The Kier molecular flexibility index (Phi) is 4.00. The van der Waals surface area contributed by atoms with E-state index < -0.39 is 6.10 Å². The maximum Gasteiger partial charge on any atom is 0.138 e. The molecule has 1 heterocycles. The van der Waals surface area contributed by atoms with Crippen molar-refractivity contribution in [3.8, 4) is 11.8 Å². The van der Waals surface area contributed by atoms with Crippen LogP contribution in [0.3, 0.4) is 0 Å². The van der Waals surface area contributed by atoms with Gasteiger partial charge >= 0.3 is 0 Å². The molecule has 1 unspecified atom stereocenters. The van der Waals surface area contributed by atoms with E-state index in [-0.39, 0.29) is 0 Å². The van der Waals surface area contributed by atoms with Gasteiger partial charge in [-0.15, -0.1) is 0 Å². The maximum atomic E-state index is 10.0. The molecule has 3 aromatic rings. The van der Waals surface area contributed by atoms with Crippen molar-refractivity contribution < 1.29 is 9.84 Å². The Morgan fingerprint density at radius 2 is 2.09 bits per heavy atom. The summed E-state index contributed by atoms with van der Waals surface area (Å²) in [6.07, 6.45) is -0.674. The van der Waals surface area contributed by atoms with Crippen molar-refractivity contribution in [3.63, 3.8) is 0 Å². The fourth-order valence-corrected chi connectivity index (χ4v) is 2.69. The molecule has 0 bridgehead atoms. The summed E-state index contributed by atoms with van der Waals surface area (Å²) in [5.41, 5.74) is 3.28. The fraction of sp³-hybridized carbons (Fsp3) is 0.222. The smallest absolute Gasteiger partial charge is 0.138 e. The van der Waals surface area contributed by atoms with Gasteiger partial charge in [0.2, 0.25) is 0 Å². The van der Waals surface area contributed by atoms with Crippen LogP contribution in [0.15, 0.2) is 42.5 Å². The summed E-state index contributed by atoms with van der Waals surface area (Å²) in [5.74, 6) is 1.26. The number of nitrogens with zero attached hydrogens (tertiary/aromatic N) is 3. The lowest BCUT2D eigenvalue weighted by Crippen LogP contribution is -2.09. The maximum absolute atomic E-state index is 10.0. The number of nitriles is 1. The second-order valence-electron chi connectivity index (χ2n) is 5.36. The molecule has 0 aliphatic heterocycles. The summed E-state index contributed by atoms with van der Waals surface area (Å²) < 4.78 is 7.38. The number of imidazole rings is 1. The van der Waals surface area contributed by atoms with E-state index in [1.807, 2.05) is 34.9 Å². The van der Waals surface area contributed by atoms with Crippen molar-refractivity contribution in [2.45, 2.75) is 19.6 Å². The molecule has 0 aliphatic carbocycles. The molecular weight excluding hydrogens is 290 g/mol. The zero-order valence-electron chi connectivity index (χ0n) is 13.0. The van der Waals surface area contributed by atoms with Crippen molar-refractivity contribution in [2.75, 3.05) is 7.11 Å². The van der Waals surface area contributed by atoms with E-state index in [0.717, 1.165) is 16.6 Å². The van der Waals surface area contributed by atoms with E-state index in [2.05, 4.69) is 11.1 Å². The summed E-state index contributed by atoms with van der Waals surface area (Å²) in [7, 11) is 1.58. The van der Waals surface area contributed by atoms with Crippen LogP contribution < -0.4 is 4.74 Å². The average Bonchev–Trinajstić information content (AvgIpc) is 2.94. The summed E-state index contributed by atoms with van der Waals surface area (Å²) in [6, 6.07) is 15.2. The number of aliphatic hydroxyl groups excluding tert-OH is 1. The molecule has 0 fully saturated rings. The molecule has 0 spiro atoms. The first-order chi connectivity index (χ1) is 11.1. The molecule has 1 N–H and O–H groups in total. The SMILES string of the molecule is COc1cc(C#N)ccc1Cn1c(C(C)O)nc2ccccc21. The Morgan fingerprint density at radius 1 is 1.30 bits per heavy atom. The first-order valence-corrected chi connectivity index (χ1v) is 7.34. The molecule has 0 amide bonds. The van der Waals surface area contributed by atoms with Gasteiger partial charge in [-0.1, -0.05) is 18.2 Å². The number of hydrogen-bond acceptors (Lipinski definition) is 4. The molecule has 0 saturated heterocycles. The Bertz CT molecular complexity index is 891. The molecule has 0 saturated carbocycles. The van der Waals surface area contributed by atoms with Crippen LogP contribution in [-0.2, 0) is 6.54 Å². The topological polar surface area (TPSA) is 71.1 Å². The second-order valence-corrected chi connectivity index (χ2v) is 5.36. The Morgan fingerprint density at radius 3 is 2.78 bits per heavy atom. The van der Waals surface area contributed by atoms with E-state index in [1.54, 1.807) is 26.2 Å². The molecular formula is C18H17N3O2. The predicted molar refractivity (Wildman–Crippen MR) is 87.2 cm³/mol. The lowest BCUT2D eigenvalue weighted by Gasteiger charge is -2.14. The highest BCUT2D eigenvalue weighted by atomic mass is 16.5. The van der Waals surface area contributed by atoms with Crippen LogP contribution in [0.4, 0.5) is 0 Å². The van der Waals surface area contributed by atoms with Gasteiger partial charge in [0, 0.05) is 5.56 Å². The lowest BCUT2D eigenvalue weighted by atomic mass is 10.1. The molecule has 3 rings (SSSR count). The monoisotopic (exact) mass is 307 g/mol. The summed E-state index contributed by atoms with van der Waals surface area (Å²) in [4.78, 5) is 4.52. The van der Waals surface area contributed by atoms with E-state index in [1.165, 1.54) is 0 Å². The largest absolute Gasteiger partial charge is 0.496 e. The van der Waals surface area contributed by atoms with Gasteiger partial charge in [0.05, 0.1) is 36.3 Å². The van der Waals surface area contributed by atoms with E-state index in [9.17, 15) is 5.11 Å². The van der Waals surface area contributed by atoms with Gasteiger partial charge in [-0.2, -0.15) is 5.26 Å². The molecule has 0 radical (unpaired) electrons. The lowest BCUT2D eigenvalue weighted by molar-refractivity contribution is 0.185. The molecule has 23 heavy (non-hydrogen) atoms. The van der Waals surface area contributed by atoms with Crippen LogP contribution in [0.5, 0.6) is 5.75 Å². The number of methoxy groups -OCH3 is 1. The van der Waals surface area contributed by atoms with Crippen molar-refractivity contribution in [1.82, 2.24) is 9.55 Å². The van der Waals surface area contributed by atoms with Gasteiger partial charge in [0.1, 0.15) is 17.7 Å². The van der Waals surface area contributed by atoms with Gasteiger partial charge < -0.3 is 14.4 Å². The molecule has 116 valence electrons. The number of rotatable bonds is 4. The molecule has 1 aromatic heterocycles. The van der Waals surface area contributed by atoms with Crippen molar-refractivity contribution in [2.24, 2.45) is 0 Å². The minimum atomic E-state index is -0.674. The number of aromatic nitrogens is 2. The van der Waals surface area contributed by atoms with Crippen LogP contribution in [0.2, 0.25) is 0 Å². The molecule has 5 nitrogen and oxygen atoms in total. The van der Waals surface area contributed by atoms with Crippen LogP contribution in [0, 0.1) is 11.3 Å². The van der Waals surface area contributed by atoms with Crippen LogP contribution in [-0.4, -0.2) is 21.8 Å². The normalized spacial score (nSPS) is 12.1. The zero-order chi connectivity index (χ0) is 16.4. The fourth-order valence-electron chi connectivity index (χ4n) is 2.69. The first kappa shape index (κ1) is 15.1. The minimum Gasteiger partial charge on any atom is -0.496 e. The number of aliphatic hydroxyl groups is 1. The average molecular weight is 307 g/mol. The molecule has 0 aliphatic rings. The highest BCUT2D eigenvalue weighted by Gasteiger charge is 2.16. The Labute approximate surface area is 134 Å². The van der Waals surface area contributed by atoms with Crippen LogP contribution in [0.1, 0.15) is 30.0 Å². The molecule has 1 atom stereocenters. The van der Waals surface area contributed by atoms with Crippen LogP contribution in [0.25, 0.3) is 11.0 Å². The second kappa shape index (κ2) is 6.11. The number of benzene rings is 2. The molecule has 2 aromatic carbocycles. The third-order valence-electron chi connectivity index (χ3n) is 3.80. The number of fused-ring (bicyclic) bond motifs is 1. The van der Waals surface area contributed by atoms with E-state index >= 15 is 0 Å². The van der Waals surface area contributed by atoms with Crippen molar-refractivity contribution in [1.29, 1.82) is 5.26 Å². The number of para-hydroxylation sites is 2. The van der Waals surface area contributed by atoms with Gasteiger partial charge in [-0.3, -0.25) is 0 Å². The first-order valence-electron chi connectivity index (χ1n) is 7.34. The standard InChI is InChI=1S/C18H17N3O2/c1-12(22)18-20-15-5-3-4-6-16(15)21(18)11-14-8-7-13(10-19)9-17(14)23-2/h3-9,12,22H,11H2,1-2H3. The van der Waals surface area contributed by atoms with E-state index in [0.29, 0.717) is 23.7 Å². The van der Waals surface area contributed by atoms with Crippen molar-refractivity contribution >= 4 is 11.0 Å². The Balaban J connectivity index is 2.11. The summed E-state index contributed by atoms with van der Waals surface area (Å²) >= 11 is 0. The third kappa shape index (κ3) is 2.77. The van der Waals surface area contributed by atoms with Gasteiger partial charge in [0.25, 0.3) is 0 Å². The van der Waals surface area contributed by atoms with Crippen molar-refractivity contribution in [3.05, 3.63) is 59.4 Å². The van der Waals surface area contributed by atoms with Gasteiger partial charge in [-0.25, -0.2) is 4.98 Å². The third-order valence-corrected chi connectivity index (χ3v) is 3.80. The van der Waals surface area contributed by atoms with Gasteiger partial charge in [-0.05, 0) is 31.2 Å². The van der Waals surface area contributed by atoms with Gasteiger partial charge in [0.15, 0.2) is 0 Å². The highest BCUT2D eigenvalue weighted by Crippen LogP contribution is 2.26. The molecule has 5 heteroatoms. The number of ether oxygens (including phenoxy) is 1. The van der Waals surface area contributed by atoms with Crippen LogP contribution >= 0.6 is 0 Å². The van der Waals surface area contributed by atoms with E-state index in [4.69, 9.17) is 10.00 Å². The number of hydrogen-bond donors (Lipinski definition) is 1. The highest BCUT2D eigenvalue weighted by molar-refractivity contribution is 5.76. The quantitative estimate of drug-likeness (QED) is 0.804. The Hall–Kier alpha value is -2.84. The zero-order valence-corrected chi connectivity index (χ0v) is 13.0. The summed E-state index contributed by atoms with van der Waals surface area (Å²) in [6.45, 7) is 2.21. The predicted octanol–water partition coefficient (Wildman–Crippen LogP) is 3.02.